The molecule has 0 radical (unpaired) electrons. The molecule has 0 heterocycles. The highest BCUT2D eigenvalue weighted by atomic mass is 14.2. The smallest absolute Gasteiger partial charge is 0.00185 e. The van der Waals surface area contributed by atoms with E-state index in [1.807, 2.05) is 0 Å². The first-order chi connectivity index (χ1) is 10.8. The monoisotopic (exact) mass is 288 g/mol. The highest BCUT2D eigenvalue weighted by molar-refractivity contribution is 5.64. The zero-order valence-corrected chi connectivity index (χ0v) is 13.5. The Kier molecular flexibility index (Phi) is 4.58. The van der Waals surface area contributed by atoms with E-state index < -0.39 is 0 Å². The number of benzene rings is 2. The van der Waals surface area contributed by atoms with Crippen molar-refractivity contribution in [2.24, 2.45) is 5.92 Å². The Morgan fingerprint density at radius 2 is 1.45 bits per heavy atom. The maximum atomic E-state index is 2.38. The first kappa shape index (κ1) is 14.8. The zero-order chi connectivity index (χ0) is 15.4. The first-order valence-electron chi connectivity index (χ1n) is 8.24. The number of rotatable bonds is 3. The highest BCUT2D eigenvalue weighted by Gasteiger charge is 2.15. The van der Waals surface area contributed by atoms with Gasteiger partial charge in [-0.1, -0.05) is 78.4 Å². The Balaban J connectivity index is 1.75. The van der Waals surface area contributed by atoms with Crippen LogP contribution in [0, 0.1) is 12.8 Å². The van der Waals surface area contributed by atoms with Crippen molar-refractivity contribution in [3.05, 3.63) is 84.0 Å². The fourth-order valence-electron chi connectivity index (χ4n) is 3.20. The van der Waals surface area contributed by atoms with E-state index in [9.17, 15) is 0 Å². The second-order valence-corrected chi connectivity index (χ2v) is 6.25. The van der Waals surface area contributed by atoms with Crippen molar-refractivity contribution in [1.82, 2.24) is 0 Å². The van der Waals surface area contributed by atoms with Crippen molar-refractivity contribution in [3.8, 4) is 11.1 Å². The maximum absolute atomic E-state index is 2.38. The van der Waals surface area contributed by atoms with Gasteiger partial charge in [0.05, 0.1) is 0 Å². The number of hydrogen-bond acceptors (Lipinski definition) is 0. The number of hydrogen-bond donors (Lipinski definition) is 0. The molecule has 0 N–H and O–H groups in total. The lowest BCUT2D eigenvalue weighted by atomic mass is 9.84. The molecule has 0 spiro atoms. The Morgan fingerprint density at radius 1 is 0.818 bits per heavy atom. The fourth-order valence-corrected chi connectivity index (χ4v) is 3.20. The van der Waals surface area contributed by atoms with Crippen molar-refractivity contribution >= 4 is 0 Å². The lowest BCUT2D eigenvalue weighted by Crippen LogP contribution is -2.05. The summed E-state index contributed by atoms with van der Waals surface area (Å²) < 4.78 is 0. The first-order valence-corrected chi connectivity index (χ1v) is 8.24. The predicted molar refractivity (Wildman–Crippen MR) is 96.0 cm³/mol. The molecular weight excluding hydrogens is 264 g/mol. The SMILES string of the molecule is CC=CC1C=CC(c2ccc(-c3ccc(C)cc3)cc2)CC1. The van der Waals surface area contributed by atoms with Crippen molar-refractivity contribution in [3.63, 3.8) is 0 Å². The van der Waals surface area contributed by atoms with Crippen LogP contribution in [0.25, 0.3) is 11.1 Å². The minimum atomic E-state index is 0.577. The summed E-state index contributed by atoms with van der Waals surface area (Å²) in [6, 6.07) is 17.8. The van der Waals surface area contributed by atoms with E-state index in [-0.39, 0.29) is 0 Å². The van der Waals surface area contributed by atoms with Crippen LogP contribution in [-0.4, -0.2) is 0 Å². The summed E-state index contributed by atoms with van der Waals surface area (Å²) in [6.07, 6.45) is 11.7. The van der Waals surface area contributed by atoms with Gasteiger partial charge in [-0.25, -0.2) is 0 Å². The molecule has 0 amide bonds. The van der Waals surface area contributed by atoms with Gasteiger partial charge in [0.1, 0.15) is 0 Å². The standard InChI is InChI=1S/C22H24/c1-3-4-18-7-11-20(12-8-18)22-15-13-21(14-16-22)19-9-5-17(2)6-10-19/h3-7,9-11,13-16,18,20H,8,12H2,1-2H3. The third-order valence-corrected chi connectivity index (χ3v) is 4.56. The minimum absolute atomic E-state index is 0.577. The van der Waals surface area contributed by atoms with Crippen LogP contribution in [0.4, 0.5) is 0 Å². The van der Waals surface area contributed by atoms with Gasteiger partial charge in [0.25, 0.3) is 0 Å². The van der Waals surface area contributed by atoms with Gasteiger partial charge in [0, 0.05) is 5.92 Å². The van der Waals surface area contributed by atoms with Gasteiger partial charge >= 0.3 is 0 Å². The summed E-state index contributed by atoms with van der Waals surface area (Å²) in [5, 5.41) is 0. The van der Waals surface area contributed by atoms with Crippen molar-refractivity contribution in [2.75, 3.05) is 0 Å². The zero-order valence-electron chi connectivity index (χ0n) is 13.5. The third kappa shape index (κ3) is 3.39. The van der Waals surface area contributed by atoms with Crippen LogP contribution in [-0.2, 0) is 0 Å². The van der Waals surface area contributed by atoms with Crippen LogP contribution in [0.5, 0.6) is 0 Å². The Labute approximate surface area is 134 Å². The molecule has 0 heteroatoms. The molecule has 1 aliphatic rings. The molecule has 0 fully saturated rings. The predicted octanol–water partition coefficient (Wildman–Crippen LogP) is 6.29. The molecule has 2 atom stereocenters. The lowest BCUT2D eigenvalue weighted by Gasteiger charge is -2.21. The fraction of sp³-hybridized carbons (Fsp3) is 0.273. The summed E-state index contributed by atoms with van der Waals surface area (Å²) in [6.45, 7) is 4.23. The van der Waals surface area contributed by atoms with E-state index in [4.69, 9.17) is 0 Å². The Morgan fingerprint density at radius 3 is 2.00 bits per heavy atom. The summed E-state index contributed by atoms with van der Waals surface area (Å²) in [7, 11) is 0. The van der Waals surface area contributed by atoms with E-state index in [0.717, 1.165) is 0 Å². The van der Waals surface area contributed by atoms with Crippen LogP contribution < -0.4 is 0 Å². The Bertz CT molecular complexity index is 656. The van der Waals surface area contributed by atoms with Crippen LogP contribution in [0.2, 0.25) is 0 Å². The summed E-state index contributed by atoms with van der Waals surface area (Å²) in [5.74, 6) is 1.21. The molecule has 0 nitrogen and oxygen atoms in total. The minimum Gasteiger partial charge on any atom is -0.0911 e. The molecule has 0 saturated carbocycles. The third-order valence-electron chi connectivity index (χ3n) is 4.56. The summed E-state index contributed by atoms with van der Waals surface area (Å²) in [5.41, 5.74) is 5.34. The average molecular weight is 288 g/mol. The molecule has 2 aromatic carbocycles. The summed E-state index contributed by atoms with van der Waals surface area (Å²) >= 11 is 0. The molecule has 3 rings (SSSR count). The van der Waals surface area contributed by atoms with E-state index in [1.165, 1.54) is 35.1 Å². The molecule has 2 aromatic rings. The van der Waals surface area contributed by atoms with E-state index in [1.54, 1.807) is 0 Å². The molecular formula is C22H24. The van der Waals surface area contributed by atoms with Crippen molar-refractivity contribution < 1.29 is 0 Å². The maximum Gasteiger partial charge on any atom is 0.00185 e. The largest absolute Gasteiger partial charge is 0.0911 e. The molecule has 2 unspecified atom stereocenters. The van der Waals surface area contributed by atoms with Crippen molar-refractivity contribution in [2.45, 2.75) is 32.6 Å². The molecule has 112 valence electrons. The van der Waals surface area contributed by atoms with Crippen LogP contribution in [0.3, 0.4) is 0 Å². The van der Waals surface area contributed by atoms with Gasteiger partial charge in [-0.15, -0.1) is 0 Å². The number of aryl methyl sites for hydroxylation is 1. The lowest BCUT2D eigenvalue weighted by molar-refractivity contribution is 0.581. The molecule has 0 aliphatic heterocycles. The van der Waals surface area contributed by atoms with Crippen molar-refractivity contribution in [1.29, 1.82) is 0 Å². The van der Waals surface area contributed by atoms with Gasteiger partial charge in [0.2, 0.25) is 0 Å². The second kappa shape index (κ2) is 6.79. The molecule has 22 heavy (non-hydrogen) atoms. The van der Waals surface area contributed by atoms with Crippen LogP contribution >= 0.6 is 0 Å². The topological polar surface area (TPSA) is 0 Å². The van der Waals surface area contributed by atoms with Gasteiger partial charge in [0.15, 0.2) is 0 Å². The van der Waals surface area contributed by atoms with Gasteiger partial charge in [-0.2, -0.15) is 0 Å². The van der Waals surface area contributed by atoms with Gasteiger partial charge in [-0.05, 0) is 49.3 Å². The molecule has 0 saturated heterocycles. The van der Waals surface area contributed by atoms with Gasteiger partial charge < -0.3 is 0 Å². The normalized spacial score (nSPS) is 21.4. The molecule has 1 aliphatic carbocycles. The van der Waals surface area contributed by atoms with E-state index in [0.29, 0.717) is 11.8 Å². The summed E-state index contributed by atoms with van der Waals surface area (Å²) in [4.78, 5) is 0. The average Bonchev–Trinajstić information content (AvgIpc) is 2.57. The van der Waals surface area contributed by atoms with E-state index in [2.05, 4.69) is 86.7 Å². The van der Waals surface area contributed by atoms with E-state index >= 15 is 0 Å². The van der Waals surface area contributed by atoms with Crippen LogP contribution in [0.1, 0.15) is 36.8 Å². The number of allylic oxidation sites excluding steroid dienone is 4. The van der Waals surface area contributed by atoms with Gasteiger partial charge in [-0.3, -0.25) is 0 Å². The molecule has 0 aromatic heterocycles. The van der Waals surface area contributed by atoms with Crippen LogP contribution in [0.15, 0.2) is 72.8 Å². The molecule has 0 bridgehead atoms. The quantitative estimate of drug-likeness (QED) is 0.582. The highest BCUT2D eigenvalue weighted by Crippen LogP contribution is 2.32. The Hall–Kier alpha value is -2.08. The second-order valence-electron chi connectivity index (χ2n) is 6.25.